The molecule has 0 bridgehead atoms. The molecule has 0 aromatic carbocycles. The minimum atomic E-state index is -0.443. The minimum absolute atomic E-state index is 0.0496. The van der Waals surface area contributed by atoms with Crippen molar-refractivity contribution in [3.8, 4) is 0 Å². The number of piperazine rings is 1. The van der Waals surface area contributed by atoms with Gasteiger partial charge >= 0.3 is 6.09 Å². The van der Waals surface area contributed by atoms with Gasteiger partial charge in [-0.1, -0.05) is 0 Å². The molecule has 1 atom stereocenters. The second-order valence-electron chi connectivity index (χ2n) is 4.77. The lowest BCUT2D eigenvalue weighted by Crippen LogP contribution is -2.57. The average Bonchev–Trinajstić information content (AvgIpc) is 2.15. The monoisotopic (exact) mass is 215 g/mol. The topological polar surface area (TPSA) is 67.6 Å². The van der Waals surface area contributed by atoms with Crippen molar-refractivity contribution in [1.29, 1.82) is 0 Å². The summed E-state index contributed by atoms with van der Waals surface area (Å²) < 4.78 is 5.31. The molecule has 1 aliphatic rings. The van der Waals surface area contributed by atoms with E-state index in [1.54, 1.807) is 4.90 Å². The van der Waals surface area contributed by atoms with Crippen LogP contribution in [-0.2, 0) is 4.74 Å². The van der Waals surface area contributed by atoms with Crippen LogP contribution in [0.15, 0.2) is 0 Å². The molecule has 0 spiro atoms. The molecule has 5 nitrogen and oxygen atoms in total. The van der Waals surface area contributed by atoms with Crippen LogP contribution >= 0.6 is 0 Å². The summed E-state index contributed by atoms with van der Waals surface area (Å²) in [5.41, 5.74) is 5.16. The van der Waals surface area contributed by atoms with E-state index in [0.717, 1.165) is 13.1 Å². The van der Waals surface area contributed by atoms with Crippen molar-refractivity contribution in [1.82, 2.24) is 10.2 Å². The molecule has 0 radical (unpaired) electrons. The van der Waals surface area contributed by atoms with Crippen LogP contribution in [0.2, 0.25) is 0 Å². The summed E-state index contributed by atoms with van der Waals surface area (Å²) in [6, 6.07) is 0.0496. The molecule has 88 valence electrons. The largest absolute Gasteiger partial charge is 0.444 e. The van der Waals surface area contributed by atoms with E-state index in [2.05, 4.69) is 5.32 Å². The normalized spacial score (nSPS) is 22.7. The van der Waals surface area contributed by atoms with Crippen molar-refractivity contribution in [3.05, 3.63) is 0 Å². The Balaban J connectivity index is 2.56. The Kier molecular flexibility index (Phi) is 3.93. The second kappa shape index (κ2) is 4.81. The van der Waals surface area contributed by atoms with Crippen LogP contribution in [0.4, 0.5) is 4.79 Å². The molecule has 0 aromatic rings. The van der Waals surface area contributed by atoms with Crippen LogP contribution in [0, 0.1) is 0 Å². The first-order valence-electron chi connectivity index (χ1n) is 5.34. The van der Waals surface area contributed by atoms with Gasteiger partial charge in [-0.2, -0.15) is 0 Å². The molecule has 1 heterocycles. The number of nitrogens with two attached hydrogens (primary N) is 1. The van der Waals surface area contributed by atoms with Crippen LogP contribution in [0.3, 0.4) is 0 Å². The van der Waals surface area contributed by atoms with E-state index in [9.17, 15) is 4.79 Å². The van der Waals surface area contributed by atoms with Gasteiger partial charge in [0, 0.05) is 26.2 Å². The maximum absolute atomic E-state index is 11.8. The van der Waals surface area contributed by atoms with Gasteiger partial charge in [-0.05, 0) is 20.8 Å². The first-order valence-corrected chi connectivity index (χ1v) is 5.34. The van der Waals surface area contributed by atoms with Crippen molar-refractivity contribution in [2.45, 2.75) is 32.4 Å². The second-order valence-corrected chi connectivity index (χ2v) is 4.77. The molecular weight excluding hydrogens is 194 g/mol. The van der Waals surface area contributed by atoms with Gasteiger partial charge in [0.25, 0.3) is 0 Å². The number of carbonyl (C=O) groups excluding carboxylic acids is 1. The van der Waals surface area contributed by atoms with Crippen molar-refractivity contribution in [2.24, 2.45) is 5.73 Å². The number of carbonyl (C=O) groups is 1. The third-order valence-corrected chi connectivity index (χ3v) is 2.25. The average molecular weight is 215 g/mol. The molecule has 0 saturated carbocycles. The van der Waals surface area contributed by atoms with E-state index in [-0.39, 0.29) is 12.1 Å². The Morgan fingerprint density at radius 3 is 2.80 bits per heavy atom. The Hall–Kier alpha value is -0.810. The number of hydrogen-bond acceptors (Lipinski definition) is 4. The lowest BCUT2D eigenvalue weighted by Gasteiger charge is -2.36. The predicted molar refractivity (Wildman–Crippen MR) is 58.7 cm³/mol. The quantitative estimate of drug-likeness (QED) is 0.653. The summed E-state index contributed by atoms with van der Waals surface area (Å²) in [6.45, 7) is 8.27. The highest BCUT2D eigenvalue weighted by molar-refractivity contribution is 5.68. The Bertz CT molecular complexity index is 225. The molecule has 5 heteroatoms. The molecule has 1 rings (SSSR count). The molecule has 3 N–H and O–H groups in total. The molecule has 1 aliphatic heterocycles. The van der Waals surface area contributed by atoms with Crippen molar-refractivity contribution < 1.29 is 9.53 Å². The van der Waals surface area contributed by atoms with Crippen LogP contribution in [0.1, 0.15) is 20.8 Å². The van der Waals surface area contributed by atoms with E-state index in [0.29, 0.717) is 13.1 Å². The highest BCUT2D eigenvalue weighted by Crippen LogP contribution is 2.12. The molecule has 15 heavy (non-hydrogen) atoms. The first-order chi connectivity index (χ1) is 6.94. The van der Waals surface area contributed by atoms with Gasteiger partial charge in [-0.3, -0.25) is 0 Å². The lowest BCUT2D eigenvalue weighted by molar-refractivity contribution is 0.0130. The van der Waals surface area contributed by atoms with Gasteiger partial charge < -0.3 is 20.7 Å². The summed E-state index contributed by atoms with van der Waals surface area (Å²) in [4.78, 5) is 13.5. The number of rotatable bonds is 1. The number of hydrogen-bond donors (Lipinski definition) is 2. The predicted octanol–water partition coefficient (Wildman–Crippen LogP) is 0.154. The maximum Gasteiger partial charge on any atom is 0.410 e. The van der Waals surface area contributed by atoms with E-state index in [1.165, 1.54) is 0 Å². The fourth-order valence-electron chi connectivity index (χ4n) is 1.53. The minimum Gasteiger partial charge on any atom is -0.444 e. The molecule has 1 saturated heterocycles. The van der Waals surface area contributed by atoms with Crippen LogP contribution in [0.25, 0.3) is 0 Å². The van der Waals surface area contributed by atoms with Gasteiger partial charge in [0.05, 0.1) is 6.04 Å². The van der Waals surface area contributed by atoms with Gasteiger partial charge in [0.1, 0.15) is 5.60 Å². The lowest BCUT2D eigenvalue weighted by atomic mass is 10.2. The number of nitrogens with one attached hydrogen (secondary N) is 1. The van der Waals surface area contributed by atoms with Gasteiger partial charge in [0.2, 0.25) is 0 Å². The smallest absolute Gasteiger partial charge is 0.410 e. The van der Waals surface area contributed by atoms with E-state index < -0.39 is 5.60 Å². The van der Waals surface area contributed by atoms with E-state index in [1.807, 2.05) is 20.8 Å². The number of ether oxygens (including phenoxy) is 1. The fourth-order valence-corrected chi connectivity index (χ4v) is 1.53. The van der Waals surface area contributed by atoms with E-state index in [4.69, 9.17) is 10.5 Å². The molecular formula is C10H21N3O2. The Morgan fingerprint density at radius 1 is 1.60 bits per heavy atom. The molecule has 0 unspecified atom stereocenters. The van der Waals surface area contributed by atoms with Crippen LogP contribution < -0.4 is 11.1 Å². The standard InChI is InChI=1S/C10H21N3O2/c1-10(2,3)15-9(14)13-5-4-12-7-8(13)6-11/h8,12H,4-7,11H2,1-3H3/t8-/m0/s1. The zero-order valence-corrected chi connectivity index (χ0v) is 9.75. The van der Waals surface area contributed by atoms with Crippen molar-refractivity contribution in [3.63, 3.8) is 0 Å². The molecule has 0 aliphatic carbocycles. The summed E-state index contributed by atoms with van der Waals surface area (Å²) in [5.74, 6) is 0. The molecule has 1 amide bonds. The summed E-state index contributed by atoms with van der Waals surface area (Å²) >= 11 is 0. The zero-order chi connectivity index (χ0) is 11.5. The van der Waals surface area contributed by atoms with Gasteiger partial charge in [-0.15, -0.1) is 0 Å². The highest BCUT2D eigenvalue weighted by Gasteiger charge is 2.29. The first kappa shape index (κ1) is 12.3. The Labute approximate surface area is 90.9 Å². The van der Waals surface area contributed by atoms with Gasteiger partial charge in [0.15, 0.2) is 0 Å². The van der Waals surface area contributed by atoms with E-state index >= 15 is 0 Å². The maximum atomic E-state index is 11.8. The van der Waals surface area contributed by atoms with Crippen molar-refractivity contribution >= 4 is 6.09 Å². The molecule has 0 aromatic heterocycles. The van der Waals surface area contributed by atoms with Gasteiger partial charge in [-0.25, -0.2) is 4.79 Å². The third-order valence-electron chi connectivity index (χ3n) is 2.25. The van der Waals surface area contributed by atoms with Crippen LogP contribution in [0.5, 0.6) is 0 Å². The Morgan fingerprint density at radius 2 is 2.27 bits per heavy atom. The highest BCUT2D eigenvalue weighted by atomic mass is 16.6. The van der Waals surface area contributed by atoms with Crippen LogP contribution in [-0.4, -0.2) is 48.8 Å². The number of nitrogens with zero attached hydrogens (tertiary/aromatic N) is 1. The zero-order valence-electron chi connectivity index (χ0n) is 9.75. The van der Waals surface area contributed by atoms with Crippen molar-refractivity contribution in [2.75, 3.05) is 26.2 Å². The summed E-state index contributed by atoms with van der Waals surface area (Å²) in [6.07, 6.45) is -0.264. The third kappa shape index (κ3) is 3.68. The molecule has 1 fully saturated rings. The summed E-state index contributed by atoms with van der Waals surface area (Å²) in [7, 11) is 0. The fraction of sp³-hybridized carbons (Fsp3) is 0.900. The SMILES string of the molecule is CC(C)(C)OC(=O)N1CCNC[C@@H]1CN. The summed E-state index contributed by atoms with van der Waals surface area (Å²) in [5, 5.41) is 3.20. The number of amides is 1.